The predicted octanol–water partition coefficient (Wildman–Crippen LogP) is 5.20. The number of esters is 1. The molecule has 0 spiro atoms. The number of hydrogen-bond acceptors (Lipinski definition) is 16. The highest BCUT2D eigenvalue weighted by Crippen LogP contribution is 2.42. The average Bonchev–Trinajstić information content (AvgIpc) is 3.78. The Labute approximate surface area is 398 Å². The molecule has 1 unspecified atom stereocenters. The van der Waals surface area contributed by atoms with E-state index in [1.807, 2.05) is 76.5 Å². The number of unbranched alkanes of at least 4 members (excludes halogenated alkanes) is 1. The van der Waals surface area contributed by atoms with Crippen molar-refractivity contribution in [1.82, 2.24) is 19.4 Å². The SMILES string of the molecule is CC[C@H]1OC(=O)[C@H](C)[C@@H](O[C@H]2C[C@@](C)(OC)[C@@H](O)[C@H](C)O2)[C@H](C)[C@@H](OC2O[C@H](C)C[C@H](N(C)C)[C@H]2O)[C@@](C)(OC)C[C@@H](C)C(=O)[C@H](C)[C@@H](OCCCCn2cnc(-c3cccnc3)c2)[C@]1(C)O. The normalized spacial score (nSPS) is 40.7. The maximum Gasteiger partial charge on any atom is 0.311 e. The highest BCUT2D eigenvalue weighted by atomic mass is 16.7. The molecule has 17 nitrogen and oxygen atoms in total. The minimum Gasteiger partial charge on any atom is -0.459 e. The summed E-state index contributed by atoms with van der Waals surface area (Å²) in [6, 6.07) is 3.54. The molecule has 3 N–H and O–H groups in total. The van der Waals surface area contributed by atoms with Crippen LogP contribution in [0.3, 0.4) is 0 Å². The van der Waals surface area contributed by atoms with E-state index in [1.54, 1.807) is 60.4 Å². The Balaban J connectivity index is 1.50. The van der Waals surface area contributed by atoms with E-state index in [4.69, 9.17) is 37.9 Å². The number of hydrogen-bond donors (Lipinski definition) is 3. The third-order valence-electron chi connectivity index (χ3n) is 14.9. The first-order valence-electron chi connectivity index (χ1n) is 24.3. The van der Waals surface area contributed by atoms with Crippen LogP contribution in [0.25, 0.3) is 11.3 Å². The van der Waals surface area contributed by atoms with Gasteiger partial charge in [-0.05, 0) is 99.9 Å². The zero-order valence-corrected chi connectivity index (χ0v) is 42.5. The van der Waals surface area contributed by atoms with Gasteiger partial charge in [0.2, 0.25) is 0 Å². The Kier molecular flexibility index (Phi) is 19.1. The molecule has 0 amide bonds. The zero-order chi connectivity index (χ0) is 49.6. The number of ketones is 1. The van der Waals surface area contributed by atoms with E-state index in [9.17, 15) is 24.9 Å². The molecule has 18 atom stereocenters. The van der Waals surface area contributed by atoms with E-state index >= 15 is 0 Å². The smallest absolute Gasteiger partial charge is 0.311 e. The summed E-state index contributed by atoms with van der Waals surface area (Å²) >= 11 is 0. The fraction of sp³-hybridized carbons (Fsp3) is 0.800. The third-order valence-corrected chi connectivity index (χ3v) is 14.9. The number of methoxy groups -OCH3 is 2. The first kappa shape index (κ1) is 55.0. The molecule has 3 saturated heterocycles. The lowest BCUT2D eigenvalue weighted by Crippen LogP contribution is -2.61. The zero-order valence-electron chi connectivity index (χ0n) is 42.5. The number of ether oxygens (including phenoxy) is 8. The fourth-order valence-electron chi connectivity index (χ4n) is 10.6. The van der Waals surface area contributed by atoms with Crippen LogP contribution in [-0.2, 0) is 54.0 Å². The van der Waals surface area contributed by atoms with Crippen molar-refractivity contribution >= 4 is 11.8 Å². The second kappa shape index (κ2) is 23.3. The number of carbonyl (C=O) groups is 2. The first-order valence-corrected chi connectivity index (χ1v) is 24.3. The minimum atomic E-state index is -1.81. The number of aryl methyl sites for hydroxylation is 1. The molecular formula is C50H82N4O13. The van der Waals surface area contributed by atoms with Gasteiger partial charge in [-0.2, -0.15) is 0 Å². The van der Waals surface area contributed by atoms with Crippen molar-refractivity contribution in [2.24, 2.45) is 23.7 Å². The minimum absolute atomic E-state index is 0.128. The van der Waals surface area contributed by atoms with Crippen molar-refractivity contribution < 1.29 is 62.8 Å². The maximum atomic E-state index is 14.8. The predicted molar refractivity (Wildman–Crippen MR) is 249 cm³/mol. The number of likely N-dealkylation sites (N-methyl/N-ethyl adjacent to an activating group) is 1. The van der Waals surface area contributed by atoms with Crippen LogP contribution in [0.2, 0.25) is 0 Å². The number of aliphatic hydroxyl groups excluding tert-OH is 2. The van der Waals surface area contributed by atoms with Gasteiger partial charge in [0.1, 0.15) is 29.7 Å². The first-order chi connectivity index (χ1) is 31.5. The molecule has 5 heterocycles. The Morgan fingerprint density at radius 1 is 0.925 bits per heavy atom. The highest BCUT2D eigenvalue weighted by Gasteiger charge is 2.54. The summed E-state index contributed by atoms with van der Waals surface area (Å²) in [4.78, 5) is 40.2. The quantitative estimate of drug-likeness (QED) is 0.155. The number of aromatic nitrogens is 3. The monoisotopic (exact) mass is 947 g/mol. The molecule has 2 aromatic rings. The summed E-state index contributed by atoms with van der Waals surface area (Å²) in [5, 5.41) is 35.5. The number of imidazole rings is 1. The molecule has 3 aliphatic heterocycles. The maximum absolute atomic E-state index is 14.8. The van der Waals surface area contributed by atoms with Crippen LogP contribution in [0.1, 0.15) is 108 Å². The summed E-state index contributed by atoms with van der Waals surface area (Å²) in [7, 11) is 6.86. The van der Waals surface area contributed by atoms with Gasteiger partial charge in [0.05, 0.1) is 59.7 Å². The van der Waals surface area contributed by atoms with Crippen molar-refractivity contribution in [3.05, 3.63) is 37.1 Å². The van der Waals surface area contributed by atoms with Crippen LogP contribution in [-0.4, -0.2) is 166 Å². The molecule has 380 valence electrons. The van der Waals surface area contributed by atoms with Crippen molar-refractivity contribution in [3.8, 4) is 11.3 Å². The molecule has 67 heavy (non-hydrogen) atoms. The van der Waals surface area contributed by atoms with E-state index in [2.05, 4.69) is 9.97 Å². The van der Waals surface area contributed by atoms with Gasteiger partial charge in [-0.1, -0.05) is 27.7 Å². The Bertz CT molecular complexity index is 1870. The second-order valence-corrected chi connectivity index (χ2v) is 20.4. The number of nitrogens with zero attached hydrogens (tertiary/aromatic N) is 4. The standard InChI is InChI=1S/C50H82N4O13/c1-15-38-50(10,59)45(62-22-17-16-21-54-27-36(52-28-54)35-19-18-20-51-26-35)31(4)40(55)29(2)24-49(9,61-14)44(67-47-41(56)37(53(11)12)23-30(3)63-47)32(5)42(33(6)46(58)65-38)66-39-25-48(8,60-13)43(57)34(7)64-39/h18-20,26-34,37-39,41-45,47,56-57,59H,15-17,21-25H2,1-14H3/t29-,30-,31+,32+,33-,34+,37+,38-,39+,41-,42+,43+,44-,45-,47?,48-,49+,50-/m1/s1. The lowest BCUT2D eigenvalue weighted by atomic mass is 9.73. The molecule has 0 aliphatic carbocycles. The molecule has 0 bridgehead atoms. The molecule has 17 heteroatoms. The fourth-order valence-corrected chi connectivity index (χ4v) is 10.6. The van der Waals surface area contributed by atoms with Crippen LogP contribution >= 0.6 is 0 Å². The van der Waals surface area contributed by atoms with Gasteiger partial charge >= 0.3 is 5.97 Å². The topological polar surface area (TPSA) is 203 Å². The molecule has 3 fully saturated rings. The molecule has 0 saturated carbocycles. The molecule has 5 rings (SSSR count). The van der Waals surface area contributed by atoms with Crippen LogP contribution in [0, 0.1) is 23.7 Å². The molecule has 2 aromatic heterocycles. The van der Waals surface area contributed by atoms with E-state index in [0.29, 0.717) is 19.4 Å². The number of Topliss-reactive ketones (excluding diaryl/α,β-unsaturated/α-hetero) is 1. The van der Waals surface area contributed by atoms with Crippen molar-refractivity contribution in [3.63, 3.8) is 0 Å². The van der Waals surface area contributed by atoms with Crippen LogP contribution < -0.4 is 0 Å². The number of pyridine rings is 1. The van der Waals surface area contributed by atoms with Crippen LogP contribution in [0.15, 0.2) is 37.1 Å². The van der Waals surface area contributed by atoms with Gasteiger partial charge in [0.25, 0.3) is 0 Å². The van der Waals surface area contributed by atoms with Gasteiger partial charge in [0.15, 0.2) is 12.6 Å². The Morgan fingerprint density at radius 3 is 2.25 bits per heavy atom. The largest absolute Gasteiger partial charge is 0.459 e. The van der Waals surface area contributed by atoms with Crippen molar-refractivity contribution in [2.45, 2.75) is 199 Å². The lowest BCUT2D eigenvalue weighted by molar-refractivity contribution is -0.319. The second-order valence-electron chi connectivity index (χ2n) is 20.4. The lowest BCUT2D eigenvalue weighted by Gasteiger charge is -2.50. The van der Waals surface area contributed by atoms with E-state index < -0.39 is 102 Å². The van der Waals surface area contributed by atoms with Crippen LogP contribution in [0.5, 0.6) is 0 Å². The van der Waals surface area contributed by atoms with E-state index in [1.165, 1.54) is 7.11 Å². The van der Waals surface area contributed by atoms with Crippen molar-refractivity contribution in [1.29, 1.82) is 0 Å². The summed E-state index contributed by atoms with van der Waals surface area (Å²) in [5.74, 6) is -4.07. The van der Waals surface area contributed by atoms with Gasteiger partial charge in [-0.25, -0.2) is 4.98 Å². The van der Waals surface area contributed by atoms with Gasteiger partial charge in [0, 0.05) is 81.7 Å². The van der Waals surface area contributed by atoms with Crippen LogP contribution in [0.4, 0.5) is 0 Å². The summed E-state index contributed by atoms with van der Waals surface area (Å²) < 4.78 is 53.6. The Hall–Kier alpha value is -2.94. The third kappa shape index (κ3) is 12.7. The molecule has 0 radical (unpaired) electrons. The number of rotatable bonds is 15. The van der Waals surface area contributed by atoms with Gasteiger partial charge in [-0.3, -0.25) is 14.6 Å². The number of aliphatic hydroxyl groups is 3. The van der Waals surface area contributed by atoms with Gasteiger partial charge in [-0.15, -0.1) is 0 Å². The highest BCUT2D eigenvalue weighted by molar-refractivity contribution is 5.83. The number of carbonyl (C=O) groups excluding carboxylic acids is 2. The molecule has 0 aromatic carbocycles. The van der Waals surface area contributed by atoms with Gasteiger partial charge < -0.3 is 62.7 Å². The van der Waals surface area contributed by atoms with E-state index in [-0.39, 0.29) is 43.8 Å². The Morgan fingerprint density at radius 2 is 1.63 bits per heavy atom. The molecule has 3 aliphatic rings. The summed E-state index contributed by atoms with van der Waals surface area (Å²) in [6.45, 7) is 18.7. The van der Waals surface area contributed by atoms with E-state index in [0.717, 1.165) is 17.7 Å². The average molecular weight is 947 g/mol. The number of cyclic esters (lactones) is 1. The van der Waals surface area contributed by atoms with Crippen molar-refractivity contribution in [2.75, 3.05) is 34.9 Å². The molecular weight excluding hydrogens is 865 g/mol. The summed E-state index contributed by atoms with van der Waals surface area (Å²) in [5.41, 5.74) is -2.36. The summed E-state index contributed by atoms with van der Waals surface area (Å²) in [6.07, 6.45) is 0.465.